The van der Waals surface area contributed by atoms with Crippen molar-refractivity contribution in [1.29, 1.82) is 0 Å². The Morgan fingerprint density at radius 1 is 1.25 bits per heavy atom. The van der Waals surface area contributed by atoms with E-state index in [2.05, 4.69) is 5.16 Å². The number of hydrogen-bond donors (Lipinski definition) is 0. The zero-order valence-electron chi connectivity index (χ0n) is 14.7. The van der Waals surface area contributed by atoms with Gasteiger partial charge in [-0.1, -0.05) is 31.3 Å². The molecule has 0 aromatic carbocycles. The second-order valence-electron chi connectivity index (χ2n) is 7.01. The Morgan fingerprint density at radius 2 is 2.00 bits per heavy atom. The molecule has 2 aliphatic rings. The highest BCUT2D eigenvalue weighted by atomic mass is 16.5. The van der Waals surface area contributed by atoms with Gasteiger partial charge in [-0.15, -0.1) is 0 Å². The van der Waals surface area contributed by atoms with Crippen LogP contribution < -0.4 is 0 Å². The smallest absolute Gasteiger partial charge is 0.245 e. The van der Waals surface area contributed by atoms with Crippen molar-refractivity contribution in [3.05, 3.63) is 17.5 Å². The third kappa shape index (κ3) is 3.47. The Balaban J connectivity index is 1.66. The van der Waals surface area contributed by atoms with Crippen LogP contribution in [0.2, 0.25) is 0 Å². The van der Waals surface area contributed by atoms with Gasteiger partial charge in [-0.2, -0.15) is 0 Å². The number of piperazine rings is 1. The van der Waals surface area contributed by atoms with Gasteiger partial charge < -0.3 is 14.3 Å². The third-order valence-corrected chi connectivity index (χ3v) is 5.20. The number of nitrogens with zero attached hydrogens (tertiary/aromatic N) is 3. The van der Waals surface area contributed by atoms with E-state index in [-0.39, 0.29) is 18.4 Å². The zero-order chi connectivity index (χ0) is 17.1. The van der Waals surface area contributed by atoms with Gasteiger partial charge >= 0.3 is 0 Å². The predicted octanol–water partition coefficient (Wildman–Crippen LogP) is 2.69. The molecule has 0 radical (unpaired) electrons. The van der Waals surface area contributed by atoms with E-state index in [0.717, 1.165) is 25.0 Å². The lowest BCUT2D eigenvalue weighted by molar-refractivity contribution is -0.156. The van der Waals surface area contributed by atoms with Crippen molar-refractivity contribution in [1.82, 2.24) is 15.0 Å². The van der Waals surface area contributed by atoms with Crippen molar-refractivity contribution < 1.29 is 14.1 Å². The summed E-state index contributed by atoms with van der Waals surface area (Å²) in [6.07, 6.45) is 6.98. The van der Waals surface area contributed by atoms with Crippen molar-refractivity contribution in [2.75, 3.05) is 13.1 Å². The van der Waals surface area contributed by atoms with Gasteiger partial charge in [-0.05, 0) is 26.2 Å². The normalized spacial score (nSPS) is 23.2. The van der Waals surface area contributed by atoms with Crippen LogP contribution in [0.15, 0.2) is 10.6 Å². The summed E-state index contributed by atoms with van der Waals surface area (Å²) in [6.45, 7) is 4.93. The van der Waals surface area contributed by atoms with E-state index in [1.807, 2.05) is 13.0 Å². The van der Waals surface area contributed by atoms with Gasteiger partial charge in [-0.25, -0.2) is 0 Å². The molecule has 1 aliphatic carbocycles. The fourth-order valence-electron chi connectivity index (χ4n) is 3.79. The lowest BCUT2D eigenvalue weighted by Crippen LogP contribution is -2.58. The molecule has 0 unspecified atom stereocenters. The van der Waals surface area contributed by atoms with Crippen molar-refractivity contribution >= 4 is 11.8 Å². The first-order chi connectivity index (χ1) is 11.6. The first-order valence-electron chi connectivity index (χ1n) is 9.14. The molecule has 24 heavy (non-hydrogen) atoms. The maximum Gasteiger partial charge on any atom is 0.245 e. The van der Waals surface area contributed by atoms with E-state index in [1.165, 1.54) is 19.3 Å². The lowest BCUT2D eigenvalue weighted by atomic mass is 9.87. The quantitative estimate of drug-likeness (QED) is 0.831. The average molecular weight is 333 g/mol. The molecule has 1 aromatic rings. The van der Waals surface area contributed by atoms with Crippen molar-refractivity contribution in [3.63, 3.8) is 0 Å². The number of carbonyl (C=O) groups excluding carboxylic acids is 2. The van der Waals surface area contributed by atoms with E-state index in [1.54, 1.807) is 16.7 Å². The standard InChI is InChI=1S/C18H27N3O3/c1-3-9-20-12-17(22)21(13(2)18(20)23)11-15-10-16(19-24-15)14-7-5-4-6-8-14/h10,13-14H,3-9,11-12H2,1-2H3/t13-/m1/s1. The fourth-order valence-corrected chi connectivity index (χ4v) is 3.79. The molecule has 0 spiro atoms. The highest BCUT2D eigenvalue weighted by Gasteiger charge is 2.36. The third-order valence-electron chi connectivity index (χ3n) is 5.20. The molecule has 0 N–H and O–H groups in total. The van der Waals surface area contributed by atoms with E-state index < -0.39 is 6.04 Å². The number of amides is 2. The van der Waals surface area contributed by atoms with E-state index >= 15 is 0 Å². The molecule has 2 amide bonds. The molecule has 1 aliphatic heterocycles. The summed E-state index contributed by atoms with van der Waals surface area (Å²) in [5.41, 5.74) is 1.00. The second kappa shape index (κ2) is 7.36. The van der Waals surface area contributed by atoms with E-state index in [9.17, 15) is 9.59 Å². The zero-order valence-corrected chi connectivity index (χ0v) is 14.7. The van der Waals surface area contributed by atoms with Crippen LogP contribution in [0.4, 0.5) is 0 Å². The van der Waals surface area contributed by atoms with Gasteiger partial charge in [-0.3, -0.25) is 9.59 Å². The van der Waals surface area contributed by atoms with Gasteiger partial charge in [0.2, 0.25) is 11.8 Å². The minimum atomic E-state index is -0.443. The average Bonchev–Trinajstić information content (AvgIpc) is 3.06. The van der Waals surface area contributed by atoms with Gasteiger partial charge in [0.1, 0.15) is 6.04 Å². The van der Waals surface area contributed by atoms with Crippen molar-refractivity contribution in [2.24, 2.45) is 0 Å². The van der Waals surface area contributed by atoms with Crippen LogP contribution in [0.3, 0.4) is 0 Å². The molecule has 1 saturated carbocycles. The predicted molar refractivity (Wildman–Crippen MR) is 89.2 cm³/mol. The molecule has 1 atom stereocenters. The molecule has 6 heteroatoms. The molecule has 0 bridgehead atoms. The molecule has 1 aromatic heterocycles. The van der Waals surface area contributed by atoms with Crippen LogP contribution in [-0.2, 0) is 16.1 Å². The molecular formula is C18H27N3O3. The molecule has 3 rings (SSSR count). The highest BCUT2D eigenvalue weighted by molar-refractivity contribution is 5.94. The van der Waals surface area contributed by atoms with Crippen molar-refractivity contribution in [2.45, 2.75) is 70.9 Å². The summed E-state index contributed by atoms with van der Waals surface area (Å²) >= 11 is 0. The van der Waals surface area contributed by atoms with Crippen LogP contribution in [-0.4, -0.2) is 45.9 Å². The first kappa shape index (κ1) is 17.0. The maximum absolute atomic E-state index is 12.4. The lowest BCUT2D eigenvalue weighted by Gasteiger charge is -2.38. The highest BCUT2D eigenvalue weighted by Crippen LogP contribution is 2.32. The Morgan fingerprint density at radius 3 is 2.71 bits per heavy atom. The summed E-state index contributed by atoms with van der Waals surface area (Å²) in [7, 11) is 0. The minimum Gasteiger partial charge on any atom is -0.359 e. The molecular weight excluding hydrogens is 306 g/mol. The second-order valence-corrected chi connectivity index (χ2v) is 7.01. The van der Waals surface area contributed by atoms with E-state index in [4.69, 9.17) is 4.52 Å². The Kier molecular flexibility index (Phi) is 5.21. The monoisotopic (exact) mass is 333 g/mol. The molecule has 2 heterocycles. The summed E-state index contributed by atoms with van der Waals surface area (Å²) in [6, 6.07) is 1.53. The minimum absolute atomic E-state index is 0.0171. The number of carbonyl (C=O) groups is 2. The van der Waals surface area contributed by atoms with Crippen LogP contribution >= 0.6 is 0 Å². The largest absolute Gasteiger partial charge is 0.359 e. The van der Waals surface area contributed by atoms with Gasteiger partial charge in [0, 0.05) is 18.5 Å². The summed E-state index contributed by atoms with van der Waals surface area (Å²) < 4.78 is 5.46. The summed E-state index contributed by atoms with van der Waals surface area (Å²) in [5, 5.41) is 4.21. The van der Waals surface area contributed by atoms with Crippen LogP contribution in [0.25, 0.3) is 0 Å². The van der Waals surface area contributed by atoms with Gasteiger partial charge in [0.05, 0.1) is 18.8 Å². The van der Waals surface area contributed by atoms with Gasteiger partial charge in [0.25, 0.3) is 0 Å². The van der Waals surface area contributed by atoms with Crippen LogP contribution in [0, 0.1) is 0 Å². The Labute approximate surface area is 143 Å². The maximum atomic E-state index is 12.4. The fraction of sp³-hybridized carbons (Fsp3) is 0.722. The molecule has 1 saturated heterocycles. The van der Waals surface area contributed by atoms with E-state index in [0.29, 0.717) is 24.8 Å². The van der Waals surface area contributed by atoms with Crippen LogP contribution in [0.1, 0.15) is 69.7 Å². The number of rotatable bonds is 5. The topological polar surface area (TPSA) is 66.7 Å². The number of hydrogen-bond acceptors (Lipinski definition) is 4. The Hall–Kier alpha value is -1.85. The first-order valence-corrected chi connectivity index (χ1v) is 9.14. The van der Waals surface area contributed by atoms with Crippen LogP contribution in [0.5, 0.6) is 0 Å². The SMILES string of the molecule is CCCN1CC(=O)N(Cc2cc(C3CCCCC3)no2)[C@H](C)C1=O. The van der Waals surface area contributed by atoms with Crippen molar-refractivity contribution in [3.8, 4) is 0 Å². The molecule has 132 valence electrons. The Bertz CT molecular complexity index is 592. The number of aromatic nitrogens is 1. The van der Waals surface area contributed by atoms with Gasteiger partial charge in [0.15, 0.2) is 5.76 Å². The summed E-state index contributed by atoms with van der Waals surface area (Å²) in [4.78, 5) is 28.1. The molecule has 2 fully saturated rings. The summed E-state index contributed by atoms with van der Waals surface area (Å²) in [5.74, 6) is 1.15. The molecule has 6 nitrogen and oxygen atoms in total.